The number of nitrogens with one attached hydrogen (secondary N) is 1. The van der Waals surface area contributed by atoms with Crippen LogP contribution < -0.4 is 5.32 Å². The number of thioether (sulfide) groups is 1. The van der Waals surface area contributed by atoms with E-state index in [1.807, 2.05) is 54.8 Å². The number of Topliss-reactive ketones (excluding diaryl/α,β-unsaturated/α-hetero) is 1. The van der Waals surface area contributed by atoms with E-state index >= 15 is 0 Å². The first-order chi connectivity index (χ1) is 15.9. The lowest BCUT2D eigenvalue weighted by Crippen LogP contribution is -2.23. The second-order valence-corrected chi connectivity index (χ2v) is 8.86. The van der Waals surface area contributed by atoms with Crippen LogP contribution in [0.3, 0.4) is 0 Å². The first kappa shape index (κ1) is 22.4. The molecule has 7 nitrogen and oxygen atoms in total. The van der Waals surface area contributed by atoms with Gasteiger partial charge in [-0.2, -0.15) is 0 Å². The number of anilines is 1. The Kier molecular flexibility index (Phi) is 6.65. The van der Waals surface area contributed by atoms with Crippen LogP contribution in [-0.4, -0.2) is 36.7 Å². The zero-order chi connectivity index (χ0) is 23.4. The number of carbonyl (C=O) groups is 2. The lowest BCUT2D eigenvalue weighted by molar-refractivity contribution is -0.115. The van der Waals surface area contributed by atoms with Gasteiger partial charge in [0, 0.05) is 29.2 Å². The van der Waals surface area contributed by atoms with E-state index in [-0.39, 0.29) is 11.7 Å². The Morgan fingerprint density at radius 1 is 1.03 bits per heavy atom. The largest absolute Gasteiger partial charge is 0.325 e. The second kappa shape index (κ2) is 9.79. The van der Waals surface area contributed by atoms with Gasteiger partial charge in [0.05, 0.1) is 10.9 Å². The quantitative estimate of drug-likeness (QED) is 0.312. The van der Waals surface area contributed by atoms with Crippen molar-refractivity contribution in [2.24, 2.45) is 0 Å². The van der Waals surface area contributed by atoms with Crippen LogP contribution in [0.5, 0.6) is 0 Å². The molecule has 4 aromatic rings. The van der Waals surface area contributed by atoms with Gasteiger partial charge in [-0.25, -0.2) is 0 Å². The van der Waals surface area contributed by atoms with E-state index in [1.165, 1.54) is 18.7 Å². The smallest absolute Gasteiger partial charge is 0.237 e. The van der Waals surface area contributed by atoms with Gasteiger partial charge in [0.25, 0.3) is 0 Å². The number of hydrogen-bond donors (Lipinski definition) is 1. The predicted molar refractivity (Wildman–Crippen MR) is 130 cm³/mol. The number of aryl methyl sites for hydroxylation is 1. The summed E-state index contributed by atoms with van der Waals surface area (Å²) in [5, 5.41) is 11.8. The number of benzene rings is 2. The third-order valence-electron chi connectivity index (χ3n) is 5.10. The Balaban J connectivity index is 1.63. The fourth-order valence-electron chi connectivity index (χ4n) is 3.33. The molecular weight excluding hydrogens is 434 g/mol. The summed E-state index contributed by atoms with van der Waals surface area (Å²) in [6.45, 7) is 5.34. The molecule has 0 aliphatic carbocycles. The highest BCUT2D eigenvalue weighted by Crippen LogP contribution is 2.31. The zero-order valence-corrected chi connectivity index (χ0v) is 19.3. The maximum atomic E-state index is 12.9. The molecule has 0 aliphatic heterocycles. The number of nitrogens with zero attached hydrogens (tertiary/aromatic N) is 4. The SMILES string of the molecule is CC(=O)c1cccc(NC(=O)C(C)Sc2nnc(-c3cccnc3)n2-c2ccccc2C)c1. The van der Waals surface area contributed by atoms with Gasteiger partial charge in [-0.15, -0.1) is 10.2 Å². The van der Waals surface area contributed by atoms with Crippen molar-refractivity contribution in [1.82, 2.24) is 19.7 Å². The number of rotatable bonds is 7. The van der Waals surface area contributed by atoms with Crippen molar-refractivity contribution in [2.45, 2.75) is 31.2 Å². The molecule has 1 unspecified atom stereocenters. The Hall–Kier alpha value is -3.78. The summed E-state index contributed by atoms with van der Waals surface area (Å²) in [5.74, 6) is 0.410. The minimum atomic E-state index is -0.459. The maximum Gasteiger partial charge on any atom is 0.237 e. The van der Waals surface area contributed by atoms with Gasteiger partial charge < -0.3 is 5.32 Å². The average molecular weight is 458 g/mol. The highest BCUT2D eigenvalue weighted by Gasteiger charge is 2.23. The molecule has 33 heavy (non-hydrogen) atoms. The molecule has 0 saturated heterocycles. The van der Waals surface area contributed by atoms with E-state index in [9.17, 15) is 9.59 Å². The van der Waals surface area contributed by atoms with Gasteiger partial charge in [-0.1, -0.05) is 42.1 Å². The molecule has 2 aromatic heterocycles. The summed E-state index contributed by atoms with van der Waals surface area (Å²) in [5.41, 5.74) is 3.96. The van der Waals surface area contributed by atoms with Gasteiger partial charge >= 0.3 is 0 Å². The van der Waals surface area contributed by atoms with E-state index in [0.29, 0.717) is 22.2 Å². The summed E-state index contributed by atoms with van der Waals surface area (Å²) < 4.78 is 1.96. The average Bonchev–Trinajstić information content (AvgIpc) is 3.23. The maximum absolute atomic E-state index is 12.9. The van der Waals surface area contributed by atoms with Crippen molar-refractivity contribution in [3.63, 3.8) is 0 Å². The first-order valence-electron chi connectivity index (χ1n) is 10.4. The van der Waals surface area contributed by atoms with Crippen LogP contribution in [-0.2, 0) is 4.79 Å². The molecule has 166 valence electrons. The molecular formula is C25H23N5O2S. The number of para-hydroxylation sites is 1. The van der Waals surface area contributed by atoms with Gasteiger partial charge in [0.15, 0.2) is 16.8 Å². The van der Waals surface area contributed by atoms with Crippen molar-refractivity contribution in [1.29, 1.82) is 0 Å². The minimum absolute atomic E-state index is 0.0530. The van der Waals surface area contributed by atoms with Crippen LogP contribution >= 0.6 is 11.8 Å². The number of ketones is 1. The third kappa shape index (κ3) is 5.01. The van der Waals surface area contributed by atoms with Crippen LogP contribution in [0, 0.1) is 6.92 Å². The highest BCUT2D eigenvalue weighted by molar-refractivity contribution is 8.00. The molecule has 0 spiro atoms. The Bertz CT molecular complexity index is 1300. The third-order valence-corrected chi connectivity index (χ3v) is 6.14. The molecule has 2 aromatic carbocycles. The fraction of sp³-hybridized carbons (Fsp3) is 0.160. The van der Waals surface area contributed by atoms with Crippen molar-refractivity contribution in [3.8, 4) is 17.1 Å². The Labute approximate surface area is 196 Å². The lowest BCUT2D eigenvalue weighted by Gasteiger charge is -2.15. The standard InChI is InChI=1S/C25H23N5O2S/c1-16-8-4-5-12-22(16)30-23(20-10-7-13-26-15-20)28-29-25(30)33-18(3)24(32)27-21-11-6-9-19(14-21)17(2)31/h4-15,18H,1-3H3,(H,27,32). The number of aromatic nitrogens is 4. The highest BCUT2D eigenvalue weighted by atomic mass is 32.2. The molecule has 1 amide bonds. The molecule has 0 fully saturated rings. The van der Waals surface area contributed by atoms with Crippen LogP contribution in [0.2, 0.25) is 0 Å². The van der Waals surface area contributed by atoms with Gasteiger partial charge in [0.2, 0.25) is 5.91 Å². The van der Waals surface area contributed by atoms with E-state index in [1.54, 1.807) is 36.7 Å². The Morgan fingerprint density at radius 2 is 1.85 bits per heavy atom. The number of amides is 1. The molecule has 2 heterocycles. The summed E-state index contributed by atoms with van der Waals surface area (Å²) in [7, 11) is 0. The molecule has 4 rings (SSSR count). The topological polar surface area (TPSA) is 89.8 Å². The second-order valence-electron chi connectivity index (χ2n) is 7.56. The zero-order valence-electron chi connectivity index (χ0n) is 18.5. The van der Waals surface area contributed by atoms with Crippen molar-refractivity contribution >= 4 is 29.1 Å². The minimum Gasteiger partial charge on any atom is -0.325 e. The van der Waals surface area contributed by atoms with Crippen molar-refractivity contribution in [2.75, 3.05) is 5.32 Å². The van der Waals surface area contributed by atoms with E-state index < -0.39 is 5.25 Å². The molecule has 1 N–H and O–H groups in total. The van der Waals surface area contributed by atoms with Crippen LogP contribution in [0.15, 0.2) is 78.2 Å². The van der Waals surface area contributed by atoms with Crippen molar-refractivity contribution < 1.29 is 9.59 Å². The summed E-state index contributed by atoms with van der Waals surface area (Å²) in [6, 6.07) is 18.6. The normalized spacial score (nSPS) is 11.7. The molecule has 0 radical (unpaired) electrons. The lowest BCUT2D eigenvalue weighted by atomic mass is 10.1. The molecule has 0 aliphatic rings. The Morgan fingerprint density at radius 3 is 2.58 bits per heavy atom. The predicted octanol–water partition coefficient (Wildman–Crippen LogP) is 4.96. The molecule has 0 bridgehead atoms. The van der Waals surface area contributed by atoms with Gasteiger partial charge in [-0.3, -0.25) is 19.1 Å². The monoisotopic (exact) mass is 457 g/mol. The van der Waals surface area contributed by atoms with Gasteiger partial charge in [0.1, 0.15) is 0 Å². The van der Waals surface area contributed by atoms with Crippen molar-refractivity contribution in [3.05, 3.63) is 84.2 Å². The number of carbonyl (C=O) groups excluding carboxylic acids is 2. The van der Waals surface area contributed by atoms with E-state index in [4.69, 9.17) is 0 Å². The van der Waals surface area contributed by atoms with Crippen LogP contribution in [0.1, 0.15) is 29.8 Å². The summed E-state index contributed by atoms with van der Waals surface area (Å²) >= 11 is 1.32. The van der Waals surface area contributed by atoms with Crippen LogP contribution in [0.25, 0.3) is 17.1 Å². The number of pyridine rings is 1. The number of hydrogen-bond acceptors (Lipinski definition) is 6. The molecule has 0 saturated carbocycles. The molecule has 1 atom stereocenters. The van der Waals surface area contributed by atoms with Gasteiger partial charge in [-0.05, 0) is 56.7 Å². The summed E-state index contributed by atoms with van der Waals surface area (Å²) in [6.07, 6.45) is 3.45. The molecule has 8 heteroatoms. The van der Waals surface area contributed by atoms with Crippen LogP contribution in [0.4, 0.5) is 5.69 Å². The van der Waals surface area contributed by atoms with E-state index in [0.717, 1.165) is 16.8 Å². The summed E-state index contributed by atoms with van der Waals surface area (Å²) in [4.78, 5) is 28.8. The fourth-order valence-corrected chi connectivity index (χ4v) is 4.19. The first-order valence-corrected chi connectivity index (χ1v) is 11.3. The van der Waals surface area contributed by atoms with E-state index in [2.05, 4.69) is 20.5 Å².